The molecular weight excluding hydrogens is 494 g/mol. The lowest BCUT2D eigenvalue weighted by molar-refractivity contribution is -0.131. The maximum Gasteiger partial charge on any atom is 0.264 e. The number of methoxy groups -OCH3 is 1. The Bertz CT molecular complexity index is 1360. The highest BCUT2D eigenvalue weighted by atomic mass is 32.2. The third kappa shape index (κ3) is 5.35. The second kappa shape index (κ2) is 10.7. The Morgan fingerprint density at radius 3 is 2.38 bits per heavy atom. The molecule has 10 heteroatoms. The van der Waals surface area contributed by atoms with Crippen LogP contribution in [-0.2, 0) is 21.4 Å². The van der Waals surface area contributed by atoms with Gasteiger partial charge in [0.05, 0.1) is 17.7 Å². The Morgan fingerprint density at radius 1 is 0.919 bits per heavy atom. The van der Waals surface area contributed by atoms with Crippen LogP contribution in [0.3, 0.4) is 0 Å². The largest absolute Gasteiger partial charge is 0.495 e. The number of benzene rings is 3. The number of nitrogens with zero attached hydrogens (tertiary/aromatic N) is 3. The lowest BCUT2D eigenvalue weighted by Gasteiger charge is -2.36. The molecule has 2 aliphatic heterocycles. The van der Waals surface area contributed by atoms with Crippen molar-refractivity contribution >= 4 is 21.6 Å². The van der Waals surface area contributed by atoms with Crippen LogP contribution in [-0.4, -0.2) is 70.8 Å². The second-order valence-electron chi connectivity index (χ2n) is 8.84. The highest BCUT2D eigenvalue weighted by molar-refractivity contribution is 7.92. The predicted molar refractivity (Wildman–Crippen MR) is 138 cm³/mol. The van der Waals surface area contributed by atoms with Crippen molar-refractivity contribution in [1.29, 1.82) is 0 Å². The molecule has 0 saturated carbocycles. The van der Waals surface area contributed by atoms with Crippen LogP contribution in [0.15, 0.2) is 77.7 Å². The van der Waals surface area contributed by atoms with Gasteiger partial charge in [0, 0.05) is 32.7 Å². The fraction of sp³-hybridized carbons (Fsp3) is 0.296. The number of carbonyl (C=O) groups is 1. The zero-order valence-corrected chi connectivity index (χ0v) is 21.4. The first-order chi connectivity index (χ1) is 18.0. The van der Waals surface area contributed by atoms with Gasteiger partial charge in [0.2, 0.25) is 12.7 Å². The molecule has 3 aromatic rings. The number of piperazine rings is 1. The normalized spacial score (nSPS) is 15.4. The molecule has 5 rings (SSSR count). The van der Waals surface area contributed by atoms with Crippen molar-refractivity contribution in [3.63, 3.8) is 0 Å². The number of para-hydroxylation sites is 2. The summed E-state index contributed by atoms with van der Waals surface area (Å²) in [6, 6.07) is 20.9. The average molecular weight is 524 g/mol. The van der Waals surface area contributed by atoms with Crippen molar-refractivity contribution in [2.24, 2.45) is 0 Å². The minimum atomic E-state index is -4.00. The van der Waals surface area contributed by atoms with Crippen LogP contribution >= 0.6 is 0 Å². The summed E-state index contributed by atoms with van der Waals surface area (Å²) in [5, 5.41) is 0. The van der Waals surface area contributed by atoms with E-state index in [2.05, 4.69) is 4.90 Å². The number of carbonyl (C=O) groups excluding carboxylic acids is 1. The molecule has 1 fully saturated rings. The minimum Gasteiger partial charge on any atom is -0.495 e. The average Bonchev–Trinajstić information content (AvgIpc) is 3.40. The summed E-state index contributed by atoms with van der Waals surface area (Å²) in [6.45, 7) is 3.03. The van der Waals surface area contributed by atoms with Crippen LogP contribution in [0.25, 0.3) is 0 Å². The van der Waals surface area contributed by atoms with E-state index in [-0.39, 0.29) is 24.1 Å². The van der Waals surface area contributed by atoms with Gasteiger partial charge in [-0.05, 0) is 42.0 Å². The maximum absolute atomic E-state index is 13.6. The third-order valence-corrected chi connectivity index (χ3v) is 8.31. The summed E-state index contributed by atoms with van der Waals surface area (Å²) in [6.07, 6.45) is 0. The molecule has 0 radical (unpaired) electrons. The molecule has 0 spiro atoms. The van der Waals surface area contributed by atoms with Crippen molar-refractivity contribution in [3.8, 4) is 17.2 Å². The lowest BCUT2D eigenvalue weighted by Crippen LogP contribution is -2.51. The van der Waals surface area contributed by atoms with E-state index in [1.165, 1.54) is 19.2 Å². The van der Waals surface area contributed by atoms with Gasteiger partial charge in [-0.25, -0.2) is 8.42 Å². The van der Waals surface area contributed by atoms with E-state index in [4.69, 9.17) is 14.2 Å². The number of hydrogen-bond acceptors (Lipinski definition) is 7. The maximum atomic E-state index is 13.6. The molecule has 0 unspecified atom stereocenters. The van der Waals surface area contributed by atoms with Crippen LogP contribution in [0.5, 0.6) is 17.2 Å². The van der Waals surface area contributed by atoms with E-state index in [1.807, 2.05) is 18.2 Å². The van der Waals surface area contributed by atoms with E-state index < -0.39 is 10.0 Å². The summed E-state index contributed by atoms with van der Waals surface area (Å²) in [7, 11) is -2.52. The first-order valence-corrected chi connectivity index (χ1v) is 13.5. The first kappa shape index (κ1) is 24.9. The quantitative estimate of drug-likeness (QED) is 0.449. The Kier molecular flexibility index (Phi) is 7.20. The van der Waals surface area contributed by atoms with Crippen molar-refractivity contribution < 1.29 is 27.4 Å². The summed E-state index contributed by atoms with van der Waals surface area (Å²) >= 11 is 0. The standard InChI is InChI=1S/C27H29N3O6S/c1-34-24-10-6-5-9-23(24)30(37(32,33)22-7-3-2-4-8-22)19-27(31)29-15-13-28(14-16-29)18-21-11-12-25-26(17-21)36-20-35-25/h2-12,17H,13-16,18-20H2,1H3. The van der Waals surface area contributed by atoms with Crippen LogP contribution in [0, 0.1) is 0 Å². The fourth-order valence-corrected chi connectivity index (χ4v) is 5.98. The first-order valence-electron chi connectivity index (χ1n) is 12.0. The number of fused-ring (bicyclic) bond motifs is 1. The molecule has 0 aliphatic carbocycles. The zero-order valence-electron chi connectivity index (χ0n) is 20.6. The van der Waals surface area contributed by atoms with E-state index in [0.29, 0.717) is 37.6 Å². The number of hydrogen-bond donors (Lipinski definition) is 0. The van der Waals surface area contributed by atoms with E-state index in [1.54, 1.807) is 47.4 Å². The zero-order chi connectivity index (χ0) is 25.8. The Labute approximate surface area is 216 Å². The molecule has 0 aromatic heterocycles. The second-order valence-corrected chi connectivity index (χ2v) is 10.7. The van der Waals surface area contributed by atoms with Crippen LogP contribution in [0.1, 0.15) is 5.56 Å². The van der Waals surface area contributed by atoms with Gasteiger partial charge < -0.3 is 19.1 Å². The molecule has 194 valence electrons. The smallest absolute Gasteiger partial charge is 0.264 e. The summed E-state index contributed by atoms with van der Waals surface area (Å²) in [5.41, 5.74) is 1.43. The molecule has 3 aromatic carbocycles. The van der Waals surface area contributed by atoms with Crippen LogP contribution in [0.2, 0.25) is 0 Å². The van der Waals surface area contributed by atoms with Crippen molar-refractivity contribution in [2.45, 2.75) is 11.4 Å². The lowest BCUT2D eigenvalue weighted by atomic mass is 10.1. The van der Waals surface area contributed by atoms with Crippen LogP contribution in [0.4, 0.5) is 5.69 Å². The molecular formula is C27H29N3O6S. The van der Waals surface area contributed by atoms with Crippen LogP contribution < -0.4 is 18.5 Å². The van der Waals surface area contributed by atoms with Crippen molar-refractivity contribution in [3.05, 3.63) is 78.4 Å². The van der Waals surface area contributed by atoms with Gasteiger partial charge in [0.25, 0.3) is 10.0 Å². The van der Waals surface area contributed by atoms with E-state index in [0.717, 1.165) is 27.9 Å². The molecule has 2 aliphatic rings. The monoisotopic (exact) mass is 523 g/mol. The van der Waals surface area contributed by atoms with E-state index in [9.17, 15) is 13.2 Å². The van der Waals surface area contributed by atoms with Gasteiger partial charge in [-0.3, -0.25) is 14.0 Å². The van der Waals surface area contributed by atoms with Gasteiger partial charge in [0.1, 0.15) is 12.3 Å². The molecule has 37 heavy (non-hydrogen) atoms. The van der Waals surface area contributed by atoms with Gasteiger partial charge in [-0.2, -0.15) is 0 Å². The van der Waals surface area contributed by atoms with Crippen molar-refractivity contribution in [1.82, 2.24) is 9.80 Å². The third-order valence-electron chi connectivity index (χ3n) is 6.53. The summed E-state index contributed by atoms with van der Waals surface area (Å²) in [4.78, 5) is 17.5. The predicted octanol–water partition coefficient (Wildman–Crippen LogP) is 2.96. The molecule has 9 nitrogen and oxygen atoms in total. The van der Waals surface area contributed by atoms with Gasteiger partial charge in [-0.15, -0.1) is 0 Å². The van der Waals surface area contributed by atoms with Crippen molar-refractivity contribution in [2.75, 3.05) is 50.9 Å². The molecule has 1 saturated heterocycles. The molecule has 0 atom stereocenters. The molecule has 1 amide bonds. The molecule has 0 N–H and O–H groups in total. The minimum absolute atomic E-state index is 0.113. The summed E-state index contributed by atoms with van der Waals surface area (Å²) in [5.74, 6) is 1.63. The Morgan fingerprint density at radius 2 is 1.62 bits per heavy atom. The Balaban J connectivity index is 1.29. The number of rotatable bonds is 8. The highest BCUT2D eigenvalue weighted by Gasteiger charge is 2.31. The number of sulfonamides is 1. The topological polar surface area (TPSA) is 88.6 Å². The van der Waals surface area contributed by atoms with Gasteiger partial charge >= 0.3 is 0 Å². The fourth-order valence-electron chi connectivity index (χ4n) is 4.53. The molecule has 2 heterocycles. The number of ether oxygens (including phenoxy) is 3. The molecule has 0 bridgehead atoms. The van der Waals surface area contributed by atoms with Gasteiger partial charge in [0.15, 0.2) is 11.5 Å². The number of amides is 1. The highest BCUT2D eigenvalue weighted by Crippen LogP contribution is 2.34. The SMILES string of the molecule is COc1ccccc1N(CC(=O)N1CCN(Cc2ccc3c(c2)OCO3)CC1)S(=O)(=O)c1ccccc1. The number of anilines is 1. The van der Waals surface area contributed by atoms with Gasteiger partial charge in [-0.1, -0.05) is 36.4 Å². The Hall–Kier alpha value is -3.76. The summed E-state index contributed by atoms with van der Waals surface area (Å²) < 4.78 is 44.7. The van der Waals surface area contributed by atoms with E-state index >= 15 is 0 Å².